The fourth-order valence-electron chi connectivity index (χ4n) is 1.97. The second kappa shape index (κ2) is 9.51. The molecular formula is C15H24ClNOS. The maximum absolute atomic E-state index is 6.08. The van der Waals surface area contributed by atoms with E-state index in [1.54, 1.807) is 7.11 Å². The Morgan fingerprint density at radius 1 is 1.37 bits per heavy atom. The molecule has 19 heavy (non-hydrogen) atoms. The summed E-state index contributed by atoms with van der Waals surface area (Å²) in [5.74, 6) is 3.19. The SMILES string of the molecule is CCCNC(CSCC)Cc1cc(Cl)ccc1OC. The molecule has 0 saturated heterocycles. The Morgan fingerprint density at radius 2 is 2.16 bits per heavy atom. The molecule has 0 aliphatic rings. The van der Waals surface area contributed by atoms with Gasteiger partial charge in [0.1, 0.15) is 5.75 Å². The van der Waals surface area contributed by atoms with Crippen molar-refractivity contribution in [3.05, 3.63) is 28.8 Å². The highest BCUT2D eigenvalue weighted by molar-refractivity contribution is 7.99. The molecule has 0 bridgehead atoms. The highest BCUT2D eigenvalue weighted by atomic mass is 35.5. The minimum Gasteiger partial charge on any atom is -0.496 e. The van der Waals surface area contributed by atoms with Gasteiger partial charge in [-0.3, -0.25) is 0 Å². The van der Waals surface area contributed by atoms with Crippen molar-refractivity contribution in [3.63, 3.8) is 0 Å². The minimum absolute atomic E-state index is 0.470. The van der Waals surface area contributed by atoms with Gasteiger partial charge in [0, 0.05) is 16.8 Å². The van der Waals surface area contributed by atoms with E-state index >= 15 is 0 Å². The van der Waals surface area contributed by atoms with Crippen LogP contribution >= 0.6 is 23.4 Å². The van der Waals surface area contributed by atoms with Crippen LogP contribution in [0, 0.1) is 0 Å². The van der Waals surface area contributed by atoms with Crippen molar-refractivity contribution in [2.24, 2.45) is 0 Å². The number of methoxy groups -OCH3 is 1. The molecule has 0 radical (unpaired) electrons. The lowest BCUT2D eigenvalue weighted by Crippen LogP contribution is -2.34. The summed E-state index contributed by atoms with van der Waals surface area (Å²) in [5.41, 5.74) is 1.18. The Kier molecular flexibility index (Phi) is 8.35. The third-order valence-corrected chi connectivity index (χ3v) is 4.20. The predicted octanol–water partition coefficient (Wildman–Crippen LogP) is 4.01. The summed E-state index contributed by atoms with van der Waals surface area (Å²) in [6.07, 6.45) is 2.11. The first kappa shape index (κ1) is 16.7. The van der Waals surface area contributed by atoms with Crippen LogP contribution in [0.4, 0.5) is 0 Å². The van der Waals surface area contributed by atoms with E-state index in [4.69, 9.17) is 16.3 Å². The first-order chi connectivity index (χ1) is 9.21. The molecule has 1 rings (SSSR count). The number of thioether (sulfide) groups is 1. The van der Waals surface area contributed by atoms with E-state index in [9.17, 15) is 0 Å². The quantitative estimate of drug-likeness (QED) is 0.744. The van der Waals surface area contributed by atoms with E-state index in [-0.39, 0.29) is 0 Å². The number of hydrogen-bond acceptors (Lipinski definition) is 3. The molecule has 4 heteroatoms. The van der Waals surface area contributed by atoms with Crippen molar-refractivity contribution in [2.45, 2.75) is 32.7 Å². The van der Waals surface area contributed by atoms with Gasteiger partial charge in [0.2, 0.25) is 0 Å². The highest BCUT2D eigenvalue weighted by Gasteiger charge is 2.12. The van der Waals surface area contributed by atoms with Gasteiger partial charge in [-0.1, -0.05) is 25.4 Å². The zero-order valence-electron chi connectivity index (χ0n) is 12.0. The first-order valence-corrected chi connectivity index (χ1v) is 8.38. The Labute approximate surface area is 126 Å². The predicted molar refractivity (Wildman–Crippen MR) is 86.8 cm³/mol. The minimum atomic E-state index is 0.470. The number of nitrogens with one attached hydrogen (secondary N) is 1. The summed E-state index contributed by atoms with van der Waals surface area (Å²) in [6.45, 7) is 5.44. The number of halogens is 1. The number of benzene rings is 1. The van der Waals surface area contributed by atoms with Gasteiger partial charge in [-0.05, 0) is 48.9 Å². The maximum atomic E-state index is 6.08. The van der Waals surface area contributed by atoms with Crippen molar-refractivity contribution in [1.82, 2.24) is 5.32 Å². The molecule has 1 N–H and O–H groups in total. The normalized spacial score (nSPS) is 12.4. The molecular weight excluding hydrogens is 278 g/mol. The van der Waals surface area contributed by atoms with Gasteiger partial charge in [0.05, 0.1) is 7.11 Å². The van der Waals surface area contributed by atoms with E-state index in [0.717, 1.165) is 41.7 Å². The lowest BCUT2D eigenvalue weighted by atomic mass is 10.1. The van der Waals surface area contributed by atoms with Crippen molar-refractivity contribution in [2.75, 3.05) is 25.2 Å². The van der Waals surface area contributed by atoms with Crippen LogP contribution in [-0.4, -0.2) is 31.2 Å². The van der Waals surface area contributed by atoms with Crippen LogP contribution in [0.2, 0.25) is 5.02 Å². The summed E-state index contributed by atoms with van der Waals surface area (Å²) in [4.78, 5) is 0. The number of hydrogen-bond donors (Lipinski definition) is 1. The van der Waals surface area contributed by atoms with Gasteiger partial charge < -0.3 is 10.1 Å². The molecule has 0 saturated carbocycles. The smallest absolute Gasteiger partial charge is 0.122 e. The van der Waals surface area contributed by atoms with Crippen LogP contribution in [0.5, 0.6) is 5.75 Å². The average Bonchev–Trinajstić information content (AvgIpc) is 2.42. The van der Waals surface area contributed by atoms with Crippen molar-refractivity contribution in [1.29, 1.82) is 0 Å². The zero-order valence-corrected chi connectivity index (χ0v) is 13.6. The second-order valence-corrected chi connectivity index (χ2v) is 6.23. The molecule has 0 amide bonds. The third-order valence-electron chi connectivity index (χ3n) is 2.91. The van der Waals surface area contributed by atoms with E-state index < -0.39 is 0 Å². The van der Waals surface area contributed by atoms with E-state index in [0.29, 0.717) is 6.04 Å². The lowest BCUT2D eigenvalue weighted by molar-refractivity contribution is 0.406. The summed E-state index contributed by atoms with van der Waals surface area (Å²) in [7, 11) is 1.71. The van der Waals surface area contributed by atoms with Crippen molar-refractivity contribution < 1.29 is 4.74 Å². The lowest BCUT2D eigenvalue weighted by Gasteiger charge is -2.19. The van der Waals surface area contributed by atoms with Gasteiger partial charge in [-0.2, -0.15) is 11.8 Å². The molecule has 108 valence electrons. The molecule has 1 aromatic rings. The van der Waals surface area contributed by atoms with E-state index in [1.807, 2.05) is 30.0 Å². The Hall–Kier alpha value is -0.380. The monoisotopic (exact) mass is 301 g/mol. The first-order valence-electron chi connectivity index (χ1n) is 6.84. The Morgan fingerprint density at radius 3 is 2.79 bits per heavy atom. The zero-order chi connectivity index (χ0) is 14.1. The Bertz CT molecular complexity index is 365. The van der Waals surface area contributed by atoms with Gasteiger partial charge in [-0.15, -0.1) is 0 Å². The van der Waals surface area contributed by atoms with Crippen LogP contribution in [0.3, 0.4) is 0 Å². The summed E-state index contributed by atoms with van der Waals surface area (Å²) < 4.78 is 5.42. The van der Waals surface area contributed by atoms with Crippen LogP contribution in [0.15, 0.2) is 18.2 Å². The van der Waals surface area contributed by atoms with Crippen LogP contribution in [0.1, 0.15) is 25.8 Å². The fraction of sp³-hybridized carbons (Fsp3) is 0.600. The topological polar surface area (TPSA) is 21.3 Å². The maximum Gasteiger partial charge on any atom is 0.122 e. The van der Waals surface area contributed by atoms with Gasteiger partial charge >= 0.3 is 0 Å². The molecule has 0 aliphatic heterocycles. The van der Waals surface area contributed by atoms with Gasteiger partial charge in [0.15, 0.2) is 0 Å². The third kappa shape index (κ3) is 6.07. The molecule has 1 aromatic carbocycles. The molecule has 0 heterocycles. The largest absolute Gasteiger partial charge is 0.496 e. The molecule has 0 fully saturated rings. The fourth-order valence-corrected chi connectivity index (χ4v) is 2.92. The van der Waals surface area contributed by atoms with Gasteiger partial charge in [0.25, 0.3) is 0 Å². The Balaban J connectivity index is 2.72. The molecule has 1 atom stereocenters. The second-order valence-electron chi connectivity index (χ2n) is 4.47. The van der Waals surface area contributed by atoms with Gasteiger partial charge in [-0.25, -0.2) is 0 Å². The van der Waals surface area contributed by atoms with Crippen molar-refractivity contribution >= 4 is 23.4 Å². The number of ether oxygens (including phenoxy) is 1. The van der Waals surface area contributed by atoms with E-state index in [1.165, 1.54) is 5.56 Å². The van der Waals surface area contributed by atoms with Crippen LogP contribution in [0.25, 0.3) is 0 Å². The standard InChI is InChI=1S/C15H24ClNOS/c1-4-8-17-14(11-19-5-2)10-12-9-13(16)6-7-15(12)18-3/h6-7,9,14,17H,4-5,8,10-11H2,1-3H3. The summed E-state index contributed by atoms with van der Waals surface area (Å²) >= 11 is 8.05. The summed E-state index contributed by atoms with van der Waals surface area (Å²) in [6, 6.07) is 6.30. The molecule has 0 aliphatic carbocycles. The molecule has 1 unspecified atom stereocenters. The van der Waals surface area contributed by atoms with Crippen molar-refractivity contribution in [3.8, 4) is 5.75 Å². The number of rotatable bonds is 9. The summed E-state index contributed by atoms with van der Waals surface area (Å²) in [5, 5.41) is 4.38. The molecule has 2 nitrogen and oxygen atoms in total. The van der Waals surface area contributed by atoms with Crippen LogP contribution < -0.4 is 10.1 Å². The highest BCUT2D eigenvalue weighted by Crippen LogP contribution is 2.24. The molecule has 0 spiro atoms. The average molecular weight is 302 g/mol. The van der Waals surface area contributed by atoms with E-state index in [2.05, 4.69) is 19.2 Å². The van der Waals surface area contributed by atoms with Crippen LogP contribution in [-0.2, 0) is 6.42 Å². The molecule has 0 aromatic heterocycles.